The zero-order valence-corrected chi connectivity index (χ0v) is 27.8. The van der Waals surface area contributed by atoms with Gasteiger partial charge in [0.25, 0.3) is 0 Å². The number of aromatic hydroxyl groups is 1. The normalized spacial score (nSPS) is 14.3. The second kappa shape index (κ2) is 13.1. The number of hydrogen-bond donors (Lipinski definition) is 1. The van der Waals surface area contributed by atoms with E-state index >= 15 is 0 Å². The summed E-state index contributed by atoms with van der Waals surface area (Å²) >= 11 is 0. The van der Waals surface area contributed by atoms with Crippen LogP contribution in [0.3, 0.4) is 0 Å². The minimum absolute atomic E-state index is 0.257. The molecule has 0 aliphatic rings. The second-order valence-electron chi connectivity index (χ2n) is 12.9. The van der Waals surface area contributed by atoms with Crippen molar-refractivity contribution in [2.45, 2.75) is 138 Å². The molecule has 0 atom stereocenters. The summed E-state index contributed by atoms with van der Waals surface area (Å²) in [7, 11) is -8.12. The third-order valence-electron chi connectivity index (χ3n) is 5.29. The lowest BCUT2D eigenvalue weighted by Crippen LogP contribution is -2.22. The van der Waals surface area contributed by atoms with E-state index in [4.69, 9.17) is 18.1 Å². The highest BCUT2D eigenvalue weighted by molar-refractivity contribution is 7.73. The molecule has 0 aliphatic heterocycles. The molecule has 0 heterocycles. The van der Waals surface area contributed by atoms with Crippen molar-refractivity contribution in [3.8, 4) is 5.75 Å². The lowest BCUT2D eigenvalue weighted by atomic mass is 9.78. The highest BCUT2D eigenvalue weighted by atomic mass is 31.2. The van der Waals surface area contributed by atoms with Crippen molar-refractivity contribution in [1.29, 1.82) is 0 Å². The van der Waals surface area contributed by atoms with Gasteiger partial charge in [-0.3, -0.25) is 9.13 Å². The van der Waals surface area contributed by atoms with Gasteiger partial charge in [0.15, 0.2) is 5.40 Å². The zero-order chi connectivity index (χ0) is 29.9. The molecule has 0 fully saturated rings. The minimum atomic E-state index is -4.06. The Balaban J connectivity index is 3.98. The highest BCUT2D eigenvalue weighted by Crippen LogP contribution is 2.72. The Bertz CT molecular complexity index is 943. The fraction of sp³-hybridized carbons (Fsp3) is 0.724. The topological polar surface area (TPSA) is 91.3 Å². The van der Waals surface area contributed by atoms with Gasteiger partial charge in [-0.15, -0.1) is 0 Å². The van der Waals surface area contributed by atoms with Crippen LogP contribution in [0.4, 0.5) is 0 Å². The first kappa shape index (κ1) is 35.1. The summed E-state index contributed by atoms with van der Waals surface area (Å²) in [5, 5.41) is 9.81. The summed E-state index contributed by atoms with van der Waals surface area (Å²) in [5.41, 5.74) is 1.65. The maximum atomic E-state index is 14.4. The van der Waals surface area contributed by atoms with E-state index in [-0.39, 0.29) is 16.6 Å². The van der Waals surface area contributed by atoms with Crippen molar-refractivity contribution in [2.75, 3.05) is 0 Å². The van der Waals surface area contributed by atoms with Gasteiger partial charge >= 0.3 is 15.2 Å². The second-order valence-corrected chi connectivity index (χ2v) is 17.5. The number of allylic oxidation sites excluding steroid dienone is 1. The molecule has 1 N–H and O–H groups in total. The Morgan fingerprint density at radius 1 is 0.658 bits per heavy atom. The predicted octanol–water partition coefficient (Wildman–Crippen LogP) is 9.41. The Labute approximate surface area is 231 Å². The average molecular weight is 575 g/mol. The van der Waals surface area contributed by atoms with Gasteiger partial charge in [-0.1, -0.05) is 53.7 Å². The van der Waals surface area contributed by atoms with E-state index in [0.717, 1.165) is 16.7 Å². The van der Waals surface area contributed by atoms with E-state index < -0.39 is 45.0 Å². The van der Waals surface area contributed by atoms with Crippen LogP contribution in [0.25, 0.3) is 6.08 Å². The van der Waals surface area contributed by atoms with E-state index in [1.54, 1.807) is 67.5 Å². The largest absolute Gasteiger partial charge is 0.507 e. The molecule has 38 heavy (non-hydrogen) atoms. The molecule has 0 aliphatic carbocycles. The Hall–Kier alpha value is -0.940. The summed E-state index contributed by atoms with van der Waals surface area (Å²) in [4.78, 5) is 0. The molecule has 1 aromatic rings. The van der Waals surface area contributed by atoms with Gasteiger partial charge in [-0.2, -0.15) is 0 Å². The lowest BCUT2D eigenvalue weighted by Gasteiger charge is -2.34. The Morgan fingerprint density at radius 3 is 1.18 bits per heavy atom. The van der Waals surface area contributed by atoms with E-state index in [2.05, 4.69) is 0 Å². The molecule has 0 aromatic heterocycles. The van der Waals surface area contributed by atoms with E-state index in [1.165, 1.54) is 0 Å². The molecule has 0 saturated heterocycles. The Morgan fingerprint density at radius 2 is 0.947 bits per heavy atom. The first-order valence-corrected chi connectivity index (χ1v) is 16.7. The first-order chi connectivity index (χ1) is 17.0. The van der Waals surface area contributed by atoms with Gasteiger partial charge in [-0.25, -0.2) is 0 Å². The predicted molar refractivity (Wildman–Crippen MR) is 158 cm³/mol. The fourth-order valence-corrected chi connectivity index (χ4v) is 9.53. The molecule has 0 bridgehead atoms. The van der Waals surface area contributed by atoms with Crippen LogP contribution in [-0.4, -0.2) is 34.9 Å². The summed E-state index contributed by atoms with van der Waals surface area (Å²) in [6, 6.07) is 3.79. The number of phenols is 1. The van der Waals surface area contributed by atoms with E-state index in [0.29, 0.717) is 0 Å². The van der Waals surface area contributed by atoms with Gasteiger partial charge in [0, 0.05) is 11.1 Å². The number of benzene rings is 1. The molecule has 0 saturated carbocycles. The Kier molecular flexibility index (Phi) is 12.1. The van der Waals surface area contributed by atoms with Crippen LogP contribution in [-0.2, 0) is 38.1 Å². The number of rotatable bonds is 12. The first-order valence-electron chi connectivity index (χ1n) is 13.5. The summed E-state index contributed by atoms with van der Waals surface area (Å²) in [5.74, 6) is 0.257. The van der Waals surface area contributed by atoms with Crippen LogP contribution in [0.5, 0.6) is 5.75 Å². The lowest BCUT2D eigenvalue weighted by molar-refractivity contribution is 0.126. The third kappa shape index (κ3) is 9.91. The molecule has 1 rings (SSSR count). The SMILES string of the molecule is CC(C)OP(=O)(OC(C)C)C(/C=C/c1cc(C(C)(C)C)c(O)c(C(C)(C)C)c1)P(=O)(OC(C)C)OC(C)C. The van der Waals surface area contributed by atoms with Crippen LogP contribution >= 0.6 is 15.2 Å². The molecule has 0 spiro atoms. The van der Waals surface area contributed by atoms with Crippen molar-refractivity contribution in [1.82, 2.24) is 0 Å². The molecule has 7 nitrogen and oxygen atoms in total. The van der Waals surface area contributed by atoms with Crippen LogP contribution in [0.2, 0.25) is 0 Å². The quantitative estimate of drug-likeness (QED) is 0.249. The summed E-state index contributed by atoms with van der Waals surface area (Å²) in [6.45, 7) is 26.2. The van der Waals surface area contributed by atoms with Crippen molar-refractivity contribution in [3.05, 3.63) is 34.9 Å². The van der Waals surface area contributed by atoms with Crippen molar-refractivity contribution < 1.29 is 32.3 Å². The standard InChI is InChI=1S/C29H52O7P2/c1-19(2)33-37(31,34-20(3)4)26(38(32,35-21(5)6)36-22(7)8)16-15-23-17-24(28(9,10)11)27(30)25(18-23)29(12,13)14/h15-22,26,30H,1-14H3/b16-15+. The smallest absolute Gasteiger partial charge is 0.350 e. The average Bonchev–Trinajstić information content (AvgIpc) is 2.64. The van der Waals surface area contributed by atoms with E-state index in [9.17, 15) is 14.2 Å². The van der Waals surface area contributed by atoms with Gasteiger partial charge in [0.1, 0.15) is 5.75 Å². The van der Waals surface area contributed by atoms with Crippen LogP contribution in [0.15, 0.2) is 18.2 Å². The maximum absolute atomic E-state index is 14.4. The number of hydrogen-bond acceptors (Lipinski definition) is 7. The molecule has 0 radical (unpaired) electrons. The molecule has 1 aromatic carbocycles. The molecular weight excluding hydrogens is 522 g/mol. The van der Waals surface area contributed by atoms with Gasteiger partial charge < -0.3 is 23.2 Å². The minimum Gasteiger partial charge on any atom is -0.507 e. The summed E-state index contributed by atoms with van der Waals surface area (Å²) < 4.78 is 52.4. The fourth-order valence-electron chi connectivity index (χ4n) is 3.95. The van der Waals surface area contributed by atoms with Gasteiger partial charge in [0.05, 0.1) is 24.4 Å². The maximum Gasteiger partial charge on any atom is 0.350 e. The van der Waals surface area contributed by atoms with Crippen molar-refractivity contribution >= 4 is 21.3 Å². The van der Waals surface area contributed by atoms with Crippen molar-refractivity contribution in [3.63, 3.8) is 0 Å². The zero-order valence-electron chi connectivity index (χ0n) is 26.0. The summed E-state index contributed by atoms with van der Waals surface area (Å²) in [6.07, 6.45) is 1.47. The molecule has 220 valence electrons. The van der Waals surface area contributed by atoms with Gasteiger partial charge in [-0.05, 0) is 83.9 Å². The molecular formula is C29H52O7P2. The van der Waals surface area contributed by atoms with Crippen LogP contribution < -0.4 is 0 Å². The van der Waals surface area contributed by atoms with Crippen LogP contribution in [0, 0.1) is 0 Å². The highest BCUT2D eigenvalue weighted by Gasteiger charge is 2.51. The van der Waals surface area contributed by atoms with Crippen LogP contribution in [0.1, 0.15) is 114 Å². The van der Waals surface area contributed by atoms with E-state index in [1.807, 2.05) is 53.7 Å². The van der Waals surface area contributed by atoms with Gasteiger partial charge in [0.2, 0.25) is 0 Å². The van der Waals surface area contributed by atoms with Crippen molar-refractivity contribution in [2.24, 2.45) is 0 Å². The number of phenolic OH excluding ortho intramolecular Hbond substituents is 1. The molecule has 0 unspecified atom stereocenters. The monoisotopic (exact) mass is 574 g/mol. The molecule has 0 amide bonds. The molecule has 9 heteroatoms. The third-order valence-corrected chi connectivity index (χ3v) is 11.5.